The van der Waals surface area contributed by atoms with E-state index in [2.05, 4.69) is 5.16 Å². The topological polar surface area (TPSA) is 83.7 Å². The molecule has 1 aromatic carbocycles. The molecule has 0 atom stereocenters. The van der Waals surface area contributed by atoms with E-state index >= 15 is 0 Å². The summed E-state index contributed by atoms with van der Waals surface area (Å²) in [5.74, 6) is 0.698. The number of sulfonamides is 1. The lowest BCUT2D eigenvalue weighted by Crippen LogP contribution is -2.35. The van der Waals surface area contributed by atoms with Gasteiger partial charge in [0.2, 0.25) is 10.0 Å². The average molecular weight is 363 g/mol. The van der Waals surface area contributed by atoms with Gasteiger partial charge in [-0.05, 0) is 24.3 Å². The summed E-state index contributed by atoms with van der Waals surface area (Å²) >= 11 is 0. The number of fused-ring (bicyclic) bond motifs is 1. The van der Waals surface area contributed by atoms with Crippen LogP contribution in [-0.2, 0) is 23.0 Å². The molecule has 7 nitrogen and oxygen atoms in total. The van der Waals surface area contributed by atoms with Gasteiger partial charge in [-0.2, -0.15) is 4.31 Å². The number of amides is 1. The zero-order valence-electron chi connectivity index (χ0n) is 14.3. The van der Waals surface area contributed by atoms with Gasteiger partial charge >= 0.3 is 0 Å². The number of nitrogens with zero attached hydrogens (tertiary/aromatic N) is 3. The average Bonchev–Trinajstić information content (AvgIpc) is 3.09. The summed E-state index contributed by atoms with van der Waals surface area (Å²) in [4.78, 5) is 14.6. The molecule has 25 heavy (non-hydrogen) atoms. The lowest BCUT2D eigenvalue weighted by molar-refractivity contribution is 0.0729. The first kappa shape index (κ1) is 17.6. The Morgan fingerprint density at radius 2 is 1.92 bits per heavy atom. The molecular formula is C17H21N3O4S. The van der Waals surface area contributed by atoms with Gasteiger partial charge < -0.3 is 9.42 Å². The highest BCUT2D eigenvalue weighted by atomic mass is 32.2. The summed E-state index contributed by atoms with van der Waals surface area (Å²) in [6.45, 7) is 5.43. The Balaban J connectivity index is 1.78. The van der Waals surface area contributed by atoms with Crippen LogP contribution in [0.2, 0.25) is 0 Å². The summed E-state index contributed by atoms with van der Waals surface area (Å²) in [7, 11) is -3.51. The number of aromatic nitrogens is 1. The molecule has 1 amide bonds. The summed E-state index contributed by atoms with van der Waals surface area (Å²) in [6, 6.07) is 6.13. The van der Waals surface area contributed by atoms with E-state index in [1.807, 2.05) is 0 Å². The Kier molecular flexibility index (Phi) is 4.91. The maximum absolute atomic E-state index is 12.7. The fourth-order valence-corrected chi connectivity index (χ4v) is 4.44. The highest BCUT2D eigenvalue weighted by Gasteiger charge is 2.25. The van der Waals surface area contributed by atoms with E-state index in [0.29, 0.717) is 38.2 Å². The molecule has 0 radical (unpaired) electrons. The molecule has 2 aromatic rings. The number of hydrogen-bond acceptors (Lipinski definition) is 5. The molecule has 1 aromatic heterocycles. The fourth-order valence-electron chi connectivity index (χ4n) is 2.98. The van der Waals surface area contributed by atoms with Crippen molar-refractivity contribution in [3.05, 3.63) is 47.3 Å². The first-order valence-electron chi connectivity index (χ1n) is 8.29. The van der Waals surface area contributed by atoms with Crippen molar-refractivity contribution in [2.24, 2.45) is 0 Å². The van der Waals surface area contributed by atoms with Gasteiger partial charge in [-0.15, -0.1) is 0 Å². The third-order valence-electron chi connectivity index (χ3n) is 4.43. The molecule has 0 saturated heterocycles. The Hall–Kier alpha value is -2.19. The van der Waals surface area contributed by atoms with Crippen LogP contribution in [0.15, 0.2) is 39.9 Å². The quantitative estimate of drug-likeness (QED) is 0.810. The third-order valence-corrected chi connectivity index (χ3v) is 6.50. The predicted octanol–water partition coefficient (Wildman–Crippen LogP) is 1.90. The SMILES string of the molecule is CCN(CC)S(=O)(=O)c1ccc(C(=O)N2CCc3oncc3C2)cc1. The van der Waals surface area contributed by atoms with Gasteiger partial charge in [-0.3, -0.25) is 4.79 Å². The molecule has 0 bridgehead atoms. The predicted molar refractivity (Wildman–Crippen MR) is 91.5 cm³/mol. The van der Waals surface area contributed by atoms with Crippen LogP contribution >= 0.6 is 0 Å². The van der Waals surface area contributed by atoms with Crippen molar-refractivity contribution >= 4 is 15.9 Å². The van der Waals surface area contributed by atoms with Crippen molar-refractivity contribution in [1.82, 2.24) is 14.4 Å². The highest BCUT2D eigenvalue weighted by molar-refractivity contribution is 7.89. The Labute approximate surface area is 147 Å². The molecular weight excluding hydrogens is 342 g/mol. The first-order valence-corrected chi connectivity index (χ1v) is 9.73. The molecule has 1 aliphatic heterocycles. The molecule has 0 fully saturated rings. The van der Waals surface area contributed by atoms with Crippen molar-refractivity contribution in [1.29, 1.82) is 0 Å². The second-order valence-corrected chi connectivity index (χ2v) is 7.80. The summed E-state index contributed by atoms with van der Waals surface area (Å²) in [5.41, 5.74) is 1.39. The van der Waals surface area contributed by atoms with Crippen LogP contribution in [0.1, 0.15) is 35.5 Å². The van der Waals surface area contributed by atoms with Crippen LogP contribution < -0.4 is 0 Å². The number of benzene rings is 1. The Bertz CT molecular complexity index is 854. The molecule has 0 N–H and O–H groups in total. The van der Waals surface area contributed by atoms with Crippen LogP contribution in [-0.4, -0.2) is 48.3 Å². The maximum Gasteiger partial charge on any atom is 0.254 e. The van der Waals surface area contributed by atoms with Crippen molar-refractivity contribution in [2.45, 2.75) is 31.7 Å². The summed E-state index contributed by atoms with van der Waals surface area (Å²) in [6.07, 6.45) is 2.27. The van der Waals surface area contributed by atoms with Gasteiger partial charge in [-0.25, -0.2) is 8.42 Å². The van der Waals surface area contributed by atoms with E-state index in [-0.39, 0.29) is 10.8 Å². The van der Waals surface area contributed by atoms with Crippen LogP contribution in [0, 0.1) is 0 Å². The van der Waals surface area contributed by atoms with Crippen molar-refractivity contribution < 1.29 is 17.7 Å². The van der Waals surface area contributed by atoms with E-state index in [4.69, 9.17) is 4.52 Å². The van der Waals surface area contributed by atoms with E-state index in [0.717, 1.165) is 11.3 Å². The normalized spacial score (nSPS) is 14.6. The number of carbonyl (C=O) groups is 1. The molecule has 2 heterocycles. The second-order valence-electron chi connectivity index (χ2n) is 5.86. The molecule has 3 rings (SSSR count). The molecule has 0 saturated carbocycles. The third kappa shape index (κ3) is 3.32. The summed E-state index contributed by atoms with van der Waals surface area (Å²) in [5, 5.41) is 3.76. The van der Waals surface area contributed by atoms with Gasteiger partial charge in [0.15, 0.2) is 0 Å². The van der Waals surface area contributed by atoms with Crippen molar-refractivity contribution in [3.8, 4) is 0 Å². The van der Waals surface area contributed by atoms with Crippen LogP contribution in [0.4, 0.5) is 0 Å². The minimum atomic E-state index is -3.51. The van der Waals surface area contributed by atoms with Crippen molar-refractivity contribution in [2.75, 3.05) is 19.6 Å². The van der Waals surface area contributed by atoms with Crippen LogP contribution in [0.5, 0.6) is 0 Å². The number of rotatable bonds is 5. The van der Waals surface area contributed by atoms with E-state index in [1.54, 1.807) is 37.1 Å². The molecule has 134 valence electrons. The summed E-state index contributed by atoms with van der Waals surface area (Å²) < 4.78 is 31.5. The lowest BCUT2D eigenvalue weighted by Gasteiger charge is -2.26. The minimum Gasteiger partial charge on any atom is -0.361 e. The van der Waals surface area contributed by atoms with E-state index in [1.165, 1.54) is 16.4 Å². The number of hydrogen-bond donors (Lipinski definition) is 0. The van der Waals surface area contributed by atoms with Gasteiger partial charge in [0.05, 0.1) is 17.6 Å². The van der Waals surface area contributed by atoms with Gasteiger partial charge in [0, 0.05) is 37.2 Å². The zero-order chi connectivity index (χ0) is 18.0. The second kappa shape index (κ2) is 6.97. The highest BCUT2D eigenvalue weighted by Crippen LogP contribution is 2.21. The smallest absolute Gasteiger partial charge is 0.254 e. The van der Waals surface area contributed by atoms with Crippen LogP contribution in [0.3, 0.4) is 0 Å². The monoisotopic (exact) mass is 363 g/mol. The number of carbonyl (C=O) groups excluding carboxylic acids is 1. The van der Waals surface area contributed by atoms with Crippen molar-refractivity contribution in [3.63, 3.8) is 0 Å². The van der Waals surface area contributed by atoms with Crippen LogP contribution in [0.25, 0.3) is 0 Å². The minimum absolute atomic E-state index is 0.126. The standard InChI is InChI=1S/C17H21N3O4S/c1-3-20(4-2)25(22,23)15-7-5-13(6-8-15)17(21)19-10-9-16-14(12-19)11-18-24-16/h5-8,11H,3-4,9-10,12H2,1-2H3. The van der Waals surface area contributed by atoms with E-state index in [9.17, 15) is 13.2 Å². The maximum atomic E-state index is 12.7. The Morgan fingerprint density at radius 3 is 2.56 bits per heavy atom. The fraction of sp³-hybridized carbons (Fsp3) is 0.412. The molecule has 0 aliphatic carbocycles. The Morgan fingerprint density at radius 1 is 1.24 bits per heavy atom. The largest absolute Gasteiger partial charge is 0.361 e. The molecule has 0 unspecified atom stereocenters. The van der Waals surface area contributed by atoms with Gasteiger partial charge in [0.25, 0.3) is 5.91 Å². The molecule has 8 heteroatoms. The molecule has 0 spiro atoms. The van der Waals surface area contributed by atoms with Gasteiger partial charge in [-0.1, -0.05) is 19.0 Å². The van der Waals surface area contributed by atoms with E-state index < -0.39 is 10.0 Å². The first-order chi connectivity index (χ1) is 12.0. The molecule has 1 aliphatic rings. The lowest BCUT2D eigenvalue weighted by atomic mass is 10.1. The van der Waals surface area contributed by atoms with Gasteiger partial charge in [0.1, 0.15) is 5.76 Å². The zero-order valence-corrected chi connectivity index (χ0v) is 15.1.